The second-order valence-electron chi connectivity index (χ2n) is 6.22. The summed E-state index contributed by atoms with van der Waals surface area (Å²) in [6.07, 6.45) is 0. The molecule has 25 heavy (non-hydrogen) atoms. The molecule has 3 rings (SSSR count). The molecule has 1 atom stereocenters. The Bertz CT molecular complexity index is 709. The lowest BCUT2D eigenvalue weighted by Crippen LogP contribution is -2.52. The van der Waals surface area contributed by atoms with Gasteiger partial charge in [0, 0.05) is 37.9 Å². The number of carbonyl (C=O) groups is 1. The third-order valence-electron chi connectivity index (χ3n) is 4.43. The first-order valence-corrected chi connectivity index (χ1v) is 8.36. The van der Waals surface area contributed by atoms with E-state index in [1.165, 1.54) is 12.1 Å². The second kappa shape index (κ2) is 7.65. The Balaban J connectivity index is 1.48. The average Bonchev–Trinajstić information content (AvgIpc) is 3.05. The molecule has 0 amide bonds. The van der Waals surface area contributed by atoms with E-state index >= 15 is 0 Å². The van der Waals surface area contributed by atoms with Crippen LogP contribution in [0.3, 0.4) is 0 Å². The van der Waals surface area contributed by atoms with Crippen molar-refractivity contribution in [3.63, 3.8) is 0 Å². The summed E-state index contributed by atoms with van der Waals surface area (Å²) in [5.74, 6) is 0.0316. The molecule has 0 saturated carbocycles. The summed E-state index contributed by atoms with van der Waals surface area (Å²) in [6, 6.07) is 7.92. The lowest BCUT2D eigenvalue weighted by atomic mass is 10.2. The highest BCUT2D eigenvalue weighted by atomic mass is 19.1. The van der Waals surface area contributed by atoms with E-state index in [-0.39, 0.29) is 24.4 Å². The standard InChI is InChI=1S/C18H22FN3O3/c1-13-11-17(25-20-13)12-24-18(23)14(2)21-7-9-22(10-8-21)16-5-3-15(19)4-6-16/h3-6,11,14H,7-10,12H2,1-2H3/t14-/m1/s1. The van der Waals surface area contributed by atoms with E-state index < -0.39 is 0 Å². The van der Waals surface area contributed by atoms with Crippen LogP contribution in [0.4, 0.5) is 10.1 Å². The number of carbonyl (C=O) groups excluding carboxylic acids is 1. The van der Waals surface area contributed by atoms with Crippen molar-refractivity contribution >= 4 is 11.7 Å². The molecule has 0 aliphatic carbocycles. The maximum atomic E-state index is 13.0. The highest BCUT2D eigenvalue weighted by Gasteiger charge is 2.27. The Labute approximate surface area is 146 Å². The smallest absolute Gasteiger partial charge is 0.323 e. The SMILES string of the molecule is Cc1cc(COC(=O)[C@@H](C)N2CCN(c3ccc(F)cc3)CC2)on1. The molecule has 6 nitrogen and oxygen atoms in total. The fraction of sp³-hybridized carbons (Fsp3) is 0.444. The minimum absolute atomic E-state index is 0.0968. The monoisotopic (exact) mass is 347 g/mol. The fourth-order valence-corrected chi connectivity index (χ4v) is 2.92. The number of hydrogen-bond donors (Lipinski definition) is 0. The van der Waals surface area contributed by atoms with E-state index in [1.54, 1.807) is 18.2 Å². The molecule has 2 aromatic rings. The first-order chi connectivity index (χ1) is 12.0. The number of esters is 1. The van der Waals surface area contributed by atoms with Crippen molar-refractivity contribution in [2.45, 2.75) is 26.5 Å². The summed E-state index contributed by atoms with van der Waals surface area (Å²) < 4.78 is 23.4. The molecule has 0 bridgehead atoms. The topological polar surface area (TPSA) is 58.8 Å². The third-order valence-corrected chi connectivity index (χ3v) is 4.43. The summed E-state index contributed by atoms with van der Waals surface area (Å²) in [7, 11) is 0. The maximum Gasteiger partial charge on any atom is 0.323 e. The van der Waals surface area contributed by atoms with Gasteiger partial charge in [0.2, 0.25) is 0 Å². The van der Waals surface area contributed by atoms with Crippen molar-refractivity contribution in [2.24, 2.45) is 0 Å². The quantitative estimate of drug-likeness (QED) is 0.774. The van der Waals surface area contributed by atoms with Crippen LogP contribution in [0.2, 0.25) is 0 Å². The summed E-state index contributed by atoms with van der Waals surface area (Å²) in [4.78, 5) is 16.5. The third kappa shape index (κ3) is 4.36. The lowest BCUT2D eigenvalue weighted by Gasteiger charge is -2.38. The second-order valence-corrected chi connectivity index (χ2v) is 6.22. The van der Waals surface area contributed by atoms with Crippen LogP contribution in [0.25, 0.3) is 0 Å². The van der Waals surface area contributed by atoms with Gasteiger partial charge in [-0.15, -0.1) is 0 Å². The predicted molar refractivity (Wildman–Crippen MR) is 90.7 cm³/mol. The Morgan fingerprint density at radius 2 is 1.96 bits per heavy atom. The minimum atomic E-state index is -0.320. The molecule has 1 saturated heterocycles. The van der Waals surface area contributed by atoms with Gasteiger partial charge in [-0.05, 0) is 38.1 Å². The van der Waals surface area contributed by atoms with Gasteiger partial charge >= 0.3 is 5.97 Å². The molecular formula is C18H22FN3O3. The van der Waals surface area contributed by atoms with Crippen LogP contribution in [0, 0.1) is 12.7 Å². The van der Waals surface area contributed by atoms with Crippen molar-refractivity contribution < 1.29 is 18.4 Å². The zero-order valence-corrected chi connectivity index (χ0v) is 14.4. The Morgan fingerprint density at radius 3 is 2.56 bits per heavy atom. The van der Waals surface area contributed by atoms with Crippen molar-refractivity contribution in [1.82, 2.24) is 10.1 Å². The van der Waals surface area contributed by atoms with Crippen LogP contribution in [-0.2, 0) is 16.1 Å². The number of anilines is 1. The van der Waals surface area contributed by atoms with Crippen LogP contribution < -0.4 is 4.90 Å². The Morgan fingerprint density at radius 1 is 1.28 bits per heavy atom. The number of halogens is 1. The molecule has 134 valence electrons. The van der Waals surface area contributed by atoms with Crippen LogP contribution >= 0.6 is 0 Å². The van der Waals surface area contributed by atoms with E-state index in [0.29, 0.717) is 5.76 Å². The van der Waals surface area contributed by atoms with E-state index in [1.807, 2.05) is 13.8 Å². The molecule has 0 unspecified atom stereocenters. The van der Waals surface area contributed by atoms with Gasteiger partial charge in [-0.2, -0.15) is 0 Å². The number of nitrogens with zero attached hydrogens (tertiary/aromatic N) is 3. The number of aromatic nitrogens is 1. The van der Waals surface area contributed by atoms with Crippen molar-refractivity contribution in [3.05, 3.63) is 47.6 Å². The van der Waals surface area contributed by atoms with E-state index in [9.17, 15) is 9.18 Å². The number of rotatable bonds is 5. The first kappa shape index (κ1) is 17.4. The molecule has 1 aliphatic heterocycles. The summed E-state index contributed by atoms with van der Waals surface area (Å²) in [5.41, 5.74) is 1.76. The summed E-state index contributed by atoms with van der Waals surface area (Å²) in [6.45, 7) is 6.82. The summed E-state index contributed by atoms with van der Waals surface area (Å²) in [5, 5.41) is 3.77. The average molecular weight is 347 g/mol. The van der Waals surface area contributed by atoms with E-state index in [0.717, 1.165) is 37.6 Å². The highest BCUT2D eigenvalue weighted by Crippen LogP contribution is 2.18. The van der Waals surface area contributed by atoms with Gasteiger partial charge in [0.15, 0.2) is 12.4 Å². The molecule has 0 radical (unpaired) electrons. The lowest BCUT2D eigenvalue weighted by molar-refractivity contribution is -0.151. The van der Waals surface area contributed by atoms with Crippen molar-refractivity contribution in [2.75, 3.05) is 31.1 Å². The highest BCUT2D eigenvalue weighted by molar-refractivity contribution is 5.75. The molecule has 1 fully saturated rings. The largest absolute Gasteiger partial charge is 0.456 e. The van der Waals surface area contributed by atoms with E-state index in [4.69, 9.17) is 9.26 Å². The molecule has 0 N–H and O–H groups in total. The zero-order chi connectivity index (χ0) is 17.8. The van der Waals surface area contributed by atoms with Gasteiger partial charge in [0.05, 0.1) is 5.69 Å². The minimum Gasteiger partial charge on any atom is -0.456 e. The van der Waals surface area contributed by atoms with E-state index in [2.05, 4.69) is 15.0 Å². The van der Waals surface area contributed by atoms with Gasteiger partial charge in [-0.3, -0.25) is 9.69 Å². The van der Waals surface area contributed by atoms with Crippen LogP contribution in [0.5, 0.6) is 0 Å². The number of benzene rings is 1. The molecule has 1 aromatic carbocycles. The number of piperazine rings is 1. The van der Waals surface area contributed by atoms with Crippen LogP contribution in [0.15, 0.2) is 34.9 Å². The molecule has 1 aliphatic rings. The Kier molecular flexibility index (Phi) is 5.33. The fourth-order valence-electron chi connectivity index (χ4n) is 2.92. The van der Waals surface area contributed by atoms with Gasteiger partial charge in [-0.25, -0.2) is 4.39 Å². The predicted octanol–water partition coefficient (Wildman–Crippen LogP) is 2.38. The zero-order valence-electron chi connectivity index (χ0n) is 14.4. The Hall–Kier alpha value is -2.41. The van der Waals surface area contributed by atoms with Gasteiger partial charge in [-0.1, -0.05) is 5.16 Å². The number of ether oxygens (including phenoxy) is 1. The number of aryl methyl sites for hydroxylation is 1. The normalized spacial score (nSPS) is 16.7. The van der Waals surface area contributed by atoms with Crippen molar-refractivity contribution in [3.8, 4) is 0 Å². The van der Waals surface area contributed by atoms with Gasteiger partial charge < -0.3 is 14.2 Å². The van der Waals surface area contributed by atoms with Crippen molar-refractivity contribution in [1.29, 1.82) is 0 Å². The molecular weight excluding hydrogens is 325 g/mol. The van der Waals surface area contributed by atoms with Gasteiger partial charge in [0.25, 0.3) is 0 Å². The summed E-state index contributed by atoms with van der Waals surface area (Å²) >= 11 is 0. The molecule has 7 heteroatoms. The molecule has 1 aromatic heterocycles. The molecule has 2 heterocycles. The van der Waals surface area contributed by atoms with Crippen LogP contribution in [-0.4, -0.2) is 48.2 Å². The van der Waals surface area contributed by atoms with Crippen LogP contribution in [0.1, 0.15) is 18.4 Å². The maximum absolute atomic E-state index is 13.0. The molecule has 0 spiro atoms. The first-order valence-electron chi connectivity index (χ1n) is 8.36. The number of hydrogen-bond acceptors (Lipinski definition) is 6. The van der Waals surface area contributed by atoms with Gasteiger partial charge in [0.1, 0.15) is 11.9 Å².